The number of aromatic nitrogens is 2. The lowest BCUT2D eigenvalue weighted by Crippen LogP contribution is -2.28. The third-order valence-electron chi connectivity index (χ3n) is 5.27. The Kier molecular flexibility index (Phi) is 7.39. The molecule has 0 aliphatic heterocycles. The van der Waals surface area contributed by atoms with Gasteiger partial charge in [0, 0.05) is 23.9 Å². The number of hydrogen-bond acceptors (Lipinski definition) is 6. The maximum absolute atomic E-state index is 15.7. The van der Waals surface area contributed by atoms with Gasteiger partial charge in [-0.2, -0.15) is 0 Å². The van der Waals surface area contributed by atoms with Crippen molar-refractivity contribution in [1.29, 1.82) is 0 Å². The molecule has 0 saturated carbocycles. The molecule has 2 amide bonds. The van der Waals surface area contributed by atoms with Gasteiger partial charge in [-0.1, -0.05) is 30.4 Å². The fourth-order valence-corrected chi connectivity index (χ4v) is 4.53. The van der Waals surface area contributed by atoms with Crippen LogP contribution >= 0.6 is 11.3 Å². The van der Waals surface area contributed by atoms with Crippen molar-refractivity contribution in [3.63, 3.8) is 0 Å². The number of benzene rings is 2. The van der Waals surface area contributed by atoms with Crippen LogP contribution in [0, 0.1) is 11.6 Å². The fraction of sp³-hybridized carbons (Fsp3) is 0.200. The van der Waals surface area contributed by atoms with Gasteiger partial charge in [0.15, 0.2) is 17.1 Å². The second kappa shape index (κ2) is 10.6. The number of carbonyl (C=O) groups excluding carboxylic acids is 1. The summed E-state index contributed by atoms with van der Waals surface area (Å²) in [6.07, 6.45) is 0.701. The van der Waals surface area contributed by atoms with Crippen LogP contribution in [0.2, 0.25) is 0 Å². The summed E-state index contributed by atoms with van der Waals surface area (Å²) in [7, 11) is 0. The molecule has 186 valence electrons. The normalized spacial score (nSPS) is 11.8. The number of carboxylic acid groups (broad SMARTS) is 1. The highest BCUT2D eigenvalue weighted by Gasteiger charge is 2.22. The zero-order chi connectivity index (χ0) is 25.8. The number of amides is 2. The Morgan fingerprint density at radius 1 is 1.14 bits per heavy atom. The summed E-state index contributed by atoms with van der Waals surface area (Å²) in [5, 5.41) is 14.5. The number of carboxylic acids is 1. The maximum atomic E-state index is 15.7. The molecular formula is C25H22F2N4O4S. The van der Waals surface area contributed by atoms with Crippen LogP contribution in [0.3, 0.4) is 0 Å². The van der Waals surface area contributed by atoms with E-state index in [-0.39, 0.29) is 28.3 Å². The first-order chi connectivity index (χ1) is 17.3. The van der Waals surface area contributed by atoms with E-state index in [1.54, 1.807) is 26.0 Å². The van der Waals surface area contributed by atoms with Crippen LogP contribution in [0.15, 0.2) is 48.7 Å². The summed E-state index contributed by atoms with van der Waals surface area (Å²) < 4.78 is 36.2. The lowest BCUT2D eigenvalue weighted by atomic mass is 9.99. The third kappa shape index (κ3) is 5.10. The number of hydrogen-bond donors (Lipinski definition) is 3. The zero-order valence-corrected chi connectivity index (χ0v) is 20.2. The summed E-state index contributed by atoms with van der Waals surface area (Å²) in [4.78, 5) is 31.6. The molecule has 0 spiro atoms. The van der Waals surface area contributed by atoms with Crippen molar-refractivity contribution in [2.45, 2.75) is 26.4 Å². The first kappa shape index (κ1) is 25.0. The largest absolute Gasteiger partial charge is 0.479 e. The number of fused-ring (bicyclic) bond motifs is 1. The van der Waals surface area contributed by atoms with Gasteiger partial charge in [-0.05, 0) is 49.2 Å². The topological polar surface area (TPSA) is 113 Å². The molecule has 0 saturated heterocycles. The van der Waals surface area contributed by atoms with Gasteiger partial charge in [0.2, 0.25) is 0 Å². The summed E-state index contributed by atoms with van der Waals surface area (Å²) in [6, 6.07) is 9.92. The van der Waals surface area contributed by atoms with Crippen molar-refractivity contribution < 1.29 is 28.2 Å². The van der Waals surface area contributed by atoms with Gasteiger partial charge < -0.3 is 15.2 Å². The Hall–Kier alpha value is -4.12. The Bertz CT molecular complexity index is 1430. The Balaban J connectivity index is 1.82. The maximum Gasteiger partial charge on any atom is 0.344 e. The Morgan fingerprint density at radius 3 is 2.53 bits per heavy atom. The molecular weight excluding hydrogens is 490 g/mol. The molecule has 0 aliphatic rings. The lowest BCUT2D eigenvalue weighted by Gasteiger charge is -2.14. The van der Waals surface area contributed by atoms with Crippen LogP contribution in [0.1, 0.15) is 20.3 Å². The van der Waals surface area contributed by atoms with Crippen molar-refractivity contribution in [3.8, 4) is 28.1 Å². The molecule has 11 heteroatoms. The first-order valence-corrected chi connectivity index (χ1v) is 11.9. The average Bonchev–Trinajstić information content (AvgIpc) is 3.28. The van der Waals surface area contributed by atoms with Crippen LogP contribution < -0.4 is 15.4 Å². The number of halogens is 2. The van der Waals surface area contributed by atoms with Gasteiger partial charge in [0.1, 0.15) is 22.8 Å². The smallest absolute Gasteiger partial charge is 0.344 e. The number of pyridine rings is 1. The van der Waals surface area contributed by atoms with E-state index >= 15 is 4.39 Å². The summed E-state index contributed by atoms with van der Waals surface area (Å²) >= 11 is 1.01. The number of urea groups is 1. The summed E-state index contributed by atoms with van der Waals surface area (Å²) in [6.45, 7) is 3.84. The van der Waals surface area contributed by atoms with E-state index in [1.807, 2.05) is 0 Å². The quantitative estimate of drug-likeness (QED) is 0.280. The highest BCUT2D eigenvalue weighted by atomic mass is 32.1. The minimum absolute atomic E-state index is 0.0177. The van der Waals surface area contributed by atoms with Gasteiger partial charge in [0.05, 0.1) is 4.70 Å². The molecule has 36 heavy (non-hydrogen) atoms. The number of nitrogens with zero attached hydrogens (tertiary/aromatic N) is 2. The molecule has 4 rings (SSSR count). The second-order valence-electron chi connectivity index (χ2n) is 7.68. The molecule has 3 N–H and O–H groups in total. The van der Waals surface area contributed by atoms with Gasteiger partial charge in [0.25, 0.3) is 0 Å². The third-order valence-corrected chi connectivity index (χ3v) is 6.27. The van der Waals surface area contributed by atoms with E-state index in [2.05, 4.69) is 20.6 Å². The fourth-order valence-electron chi connectivity index (χ4n) is 3.56. The van der Waals surface area contributed by atoms with Crippen LogP contribution in [-0.2, 0) is 4.79 Å². The molecule has 1 atom stereocenters. The van der Waals surface area contributed by atoms with Crippen LogP contribution in [0.4, 0.5) is 18.7 Å². The molecule has 2 aromatic carbocycles. The van der Waals surface area contributed by atoms with E-state index < -0.39 is 29.7 Å². The number of rotatable bonds is 8. The molecule has 4 aromatic rings. The Morgan fingerprint density at radius 2 is 1.89 bits per heavy atom. The van der Waals surface area contributed by atoms with Gasteiger partial charge in [-0.25, -0.2) is 23.4 Å². The number of aliphatic carboxylic acids is 1. The molecule has 0 radical (unpaired) electrons. The molecule has 0 bridgehead atoms. The highest BCUT2D eigenvalue weighted by Crippen LogP contribution is 2.41. The van der Waals surface area contributed by atoms with Gasteiger partial charge >= 0.3 is 12.0 Å². The summed E-state index contributed by atoms with van der Waals surface area (Å²) in [5.74, 6) is -2.02. The van der Waals surface area contributed by atoms with Crippen molar-refractivity contribution >= 4 is 38.7 Å². The van der Waals surface area contributed by atoms with E-state index in [1.165, 1.54) is 36.5 Å². The SMILES string of the molecule is CCNC(=O)Nc1nc2c(F)c(-c3ccc(OC(CC)C(=O)O)cc3)cc(-c3ncccc3F)c2s1. The predicted molar refractivity (Wildman–Crippen MR) is 133 cm³/mol. The molecule has 0 aliphatic carbocycles. The van der Waals surface area contributed by atoms with E-state index in [9.17, 15) is 19.1 Å². The minimum Gasteiger partial charge on any atom is -0.479 e. The van der Waals surface area contributed by atoms with Crippen LogP contribution in [-0.4, -0.2) is 39.7 Å². The number of ether oxygens (including phenoxy) is 1. The Labute approximate surface area is 209 Å². The van der Waals surface area contributed by atoms with Gasteiger partial charge in [-0.3, -0.25) is 10.3 Å². The van der Waals surface area contributed by atoms with Gasteiger partial charge in [-0.15, -0.1) is 0 Å². The van der Waals surface area contributed by atoms with Crippen LogP contribution in [0.5, 0.6) is 5.75 Å². The molecule has 1 unspecified atom stereocenters. The first-order valence-electron chi connectivity index (χ1n) is 11.1. The van der Waals surface area contributed by atoms with Crippen molar-refractivity contribution in [2.75, 3.05) is 11.9 Å². The van der Waals surface area contributed by atoms with Crippen molar-refractivity contribution in [1.82, 2.24) is 15.3 Å². The van der Waals surface area contributed by atoms with E-state index in [0.717, 1.165) is 11.3 Å². The monoisotopic (exact) mass is 512 g/mol. The lowest BCUT2D eigenvalue weighted by molar-refractivity contribution is -0.145. The molecule has 2 heterocycles. The molecule has 8 nitrogen and oxygen atoms in total. The predicted octanol–water partition coefficient (Wildman–Crippen LogP) is 5.69. The van der Waals surface area contributed by atoms with Crippen molar-refractivity contribution in [3.05, 3.63) is 60.3 Å². The number of anilines is 1. The molecule has 0 fully saturated rings. The minimum atomic E-state index is -1.08. The summed E-state index contributed by atoms with van der Waals surface area (Å²) in [5.41, 5.74) is 0.868. The van der Waals surface area contributed by atoms with Crippen LogP contribution in [0.25, 0.3) is 32.6 Å². The van der Waals surface area contributed by atoms with E-state index in [4.69, 9.17) is 4.74 Å². The number of nitrogens with one attached hydrogen (secondary N) is 2. The van der Waals surface area contributed by atoms with E-state index in [0.29, 0.717) is 28.1 Å². The molecule has 2 aromatic heterocycles. The average molecular weight is 513 g/mol. The van der Waals surface area contributed by atoms with Crippen molar-refractivity contribution in [2.24, 2.45) is 0 Å². The number of thiazole rings is 1. The standard InChI is InChI=1S/C25H22F2N4O4S/c1-3-18(23(32)33)35-14-9-7-13(8-10-14)15-12-16(20-17(26)6-5-11-29-20)22-21(19(15)27)30-25(36-22)31-24(34)28-4-2/h5-12,18H,3-4H2,1-2H3,(H,32,33)(H2,28,30,31,34). The number of carbonyl (C=O) groups is 2. The second-order valence-corrected chi connectivity index (χ2v) is 8.68. The highest BCUT2D eigenvalue weighted by molar-refractivity contribution is 7.22. The zero-order valence-electron chi connectivity index (χ0n) is 19.3.